The summed E-state index contributed by atoms with van der Waals surface area (Å²) in [6, 6.07) is 19.0. The maximum absolute atomic E-state index is 5.78. The number of halogens is 1. The molecule has 2 unspecified atom stereocenters. The van der Waals surface area contributed by atoms with Gasteiger partial charge in [-0.25, -0.2) is 0 Å². The molecule has 0 aliphatic carbocycles. The number of allylic oxidation sites excluding steroid dienone is 2. The summed E-state index contributed by atoms with van der Waals surface area (Å²) in [7, 11) is 0. The van der Waals surface area contributed by atoms with E-state index >= 15 is 0 Å². The van der Waals surface area contributed by atoms with E-state index < -0.39 is 0 Å². The lowest BCUT2D eigenvalue weighted by molar-refractivity contribution is 0.552. The van der Waals surface area contributed by atoms with Crippen LogP contribution in [0.5, 0.6) is 0 Å². The summed E-state index contributed by atoms with van der Waals surface area (Å²) < 4.78 is 0. The molecule has 0 bridgehead atoms. The summed E-state index contributed by atoms with van der Waals surface area (Å²) >= 11 is 3.33. The molecule has 0 fully saturated rings. The van der Waals surface area contributed by atoms with Crippen LogP contribution in [0.15, 0.2) is 72.9 Å². The normalized spacial score (nSPS) is 18.5. The van der Waals surface area contributed by atoms with Crippen molar-refractivity contribution in [2.75, 3.05) is 0 Å². The maximum Gasteiger partial charge on any atom is 0.114 e. The van der Waals surface area contributed by atoms with Crippen LogP contribution < -0.4 is 16.4 Å². The van der Waals surface area contributed by atoms with Crippen molar-refractivity contribution >= 4 is 21.5 Å². The van der Waals surface area contributed by atoms with Crippen LogP contribution in [-0.4, -0.2) is 11.2 Å². The van der Waals surface area contributed by atoms with E-state index in [-0.39, 0.29) is 11.2 Å². The van der Waals surface area contributed by atoms with Gasteiger partial charge >= 0.3 is 0 Å². The van der Waals surface area contributed by atoms with Gasteiger partial charge in [-0.15, -0.1) is 0 Å². The van der Waals surface area contributed by atoms with Crippen molar-refractivity contribution in [1.29, 1.82) is 0 Å². The van der Waals surface area contributed by atoms with E-state index in [9.17, 15) is 0 Å². The molecule has 0 aromatic heterocycles. The van der Waals surface area contributed by atoms with E-state index in [2.05, 4.69) is 81.2 Å². The summed E-state index contributed by atoms with van der Waals surface area (Å²) in [4.78, 5) is 0. The number of hydrogen-bond acceptors (Lipinski definition) is 3. The van der Waals surface area contributed by atoms with Crippen molar-refractivity contribution in [3.05, 3.63) is 78.5 Å². The standard InChI is InChI=1S/C18H18BrN3/c19-18(20)22-17-16(7-4-12-21-17)15-10-8-14(9-11-15)13-5-2-1-3-6-13/h1-12,17-18,21-22H,20H2. The average molecular weight is 356 g/mol. The number of alkyl halides is 1. The molecule has 1 aliphatic rings. The number of hydrogen-bond donors (Lipinski definition) is 3. The molecule has 3 nitrogen and oxygen atoms in total. The van der Waals surface area contributed by atoms with Gasteiger partial charge in [0.1, 0.15) is 11.2 Å². The van der Waals surface area contributed by atoms with Gasteiger partial charge in [0.2, 0.25) is 0 Å². The molecule has 112 valence electrons. The summed E-state index contributed by atoms with van der Waals surface area (Å²) in [6.07, 6.45) is 6.00. The first-order valence-corrected chi connectivity index (χ1v) is 8.10. The third-order valence-corrected chi connectivity index (χ3v) is 3.86. The Morgan fingerprint density at radius 1 is 0.955 bits per heavy atom. The van der Waals surface area contributed by atoms with E-state index in [1.54, 1.807) is 0 Å². The molecule has 0 spiro atoms. The largest absolute Gasteiger partial charge is 0.372 e. The number of rotatable bonds is 4. The molecule has 2 aromatic carbocycles. The molecule has 0 radical (unpaired) electrons. The summed E-state index contributed by atoms with van der Waals surface area (Å²) in [6.45, 7) is 0. The minimum atomic E-state index is -0.261. The van der Waals surface area contributed by atoms with Crippen LogP contribution >= 0.6 is 15.9 Å². The van der Waals surface area contributed by atoms with E-state index in [0.29, 0.717) is 0 Å². The van der Waals surface area contributed by atoms with Crippen LogP contribution in [0.3, 0.4) is 0 Å². The molecule has 2 aromatic rings. The highest BCUT2D eigenvalue weighted by atomic mass is 79.9. The van der Waals surface area contributed by atoms with E-state index in [1.807, 2.05) is 18.3 Å². The van der Waals surface area contributed by atoms with Crippen molar-refractivity contribution in [1.82, 2.24) is 10.6 Å². The predicted molar refractivity (Wildman–Crippen MR) is 96.0 cm³/mol. The van der Waals surface area contributed by atoms with Crippen molar-refractivity contribution in [2.24, 2.45) is 5.73 Å². The fourth-order valence-electron chi connectivity index (χ4n) is 2.54. The summed E-state index contributed by atoms with van der Waals surface area (Å²) in [5.74, 6) is 0. The number of benzene rings is 2. The number of dihydropyridines is 1. The van der Waals surface area contributed by atoms with E-state index in [0.717, 1.165) is 5.57 Å². The number of nitrogens with two attached hydrogens (primary N) is 1. The van der Waals surface area contributed by atoms with Gasteiger partial charge in [-0.05, 0) is 34.5 Å². The Bertz CT molecular complexity index is 675. The molecule has 2 atom stereocenters. The quantitative estimate of drug-likeness (QED) is 0.447. The molecule has 4 N–H and O–H groups in total. The van der Waals surface area contributed by atoms with Crippen LogP contribution in [0.25, 0.3) is 16.7 Å². The second-order valence-electron chi connectivity index (χ2n) is 5.09. The Hall–Kier alpha value is -1.88. The van der Waals surface area contributed by atoms with Crippen molar-refractivity contribution in [3.8, 4) is 11.1 Å². The first kappa shape index (κ1) is 15.0. The van der Waals surface area contributed by atoms with Crippen LogP contribution in [0.4, 0.5) is 0 Å². The Morgan fingerprint density at radius 2 is 1.59 bits per heavy atom. The molecular weight excluding hydrogens is 338 g/mol. The molecule has 0 saturated carbocycles. The zero-order valence-electron chi connectivity index (χ0n) is 12.0. The van der Waals surface area contributed by atoms with E-state index in [1.165, 1.54) is 16.7 Å². The maximum atomic E-state index is 5.78. The molecule has 3 rings (SSSR count). The SMILES string of the molecule is NC(Br)NC1NC=CC=C1c1ccc(-c2ccccc2)cc1. The average Bonchev–Trinajstić information content (AvgIpc) is 2.56. The molecular formula is C18H18BrN3. The predicted octanol–water partition coefficient (Wildman–Crippen LogP) is 3.41. The van der Waals surface area contributed by atoms with Gasteiger partial charge in [-0.3, -0.25) is 5.32 Å². The van der Waals surface area contributed by atoms with Crippen LogP contribution in [0.2, 0.25) is 0 Å². The highest BCUT2D eigenvalue weighted by molar-refractivity contribution is 9.09. The van der Waals surface area contributed by atoms with Gasteiger partial charge < -0.3 is 11.1 Å². The molecule has 1 aliphatic heterocycles. The monoisotopic (exact) mass is 355 g/mol. The van der Waals surface area contributed by atoms with Crippen molar-refractivity contribution < 1.29 is 0 Å². The molecule has 0 saturated heterocycles. The zero-order chi connectivity index (χ0) is 15.4. The lowest BCUT2D eigenvalue weighted by Crippen LogP contribution is -2.48. The second-order valence-corrected chi connectivity index (χ2v) is 6.08. The summed E-state index contributed by atoms with van der Waals surface area (Å²) in [5, 5.41) is 6.26. The van der Waals surface area contributed by atoms with Gasteiger partial charge in [0, 0.05) is 0 Å². The molecule has 0 amide bonds. The Labute approximate surface area is 139 Å². The third-order valence-electron chi connectivity index (χ3n) is 3.60. The van der Waals surface area contributed by atoms with Crippen molar-refractivity contribution in [2.45, 2.75) is 11.2 Å². The minimum Gasteiger partial charge on any atom is -0.372 e. The first-order chi connectivity index (χ1) is 10.7. The zero-order valence-corrected chi connectivity index (χ0v) is 13.6. The molecule has 4 heteroatoms. The van der Waals surface area contributed by atoms with Crippen LogP contribution in [0, 0.1) is 0 Å². The molecule has 22 heavy (non-hydrogen) atoms. The van der Waals surface area contributed by atoms with Crippen LogP contribution in [-0.2, 0) is 0 Å². The van der Waals surface area contributed by atoms with E-state index in [4.69, 9.17) is 5.73 Å². The van der Waals surface area contributed by atoms with Gasteiger partial charge in [-0.2, -0.15) is 0 Å². The van der Waals surface area contributed by atoms with Gasteiger partial charge in [0.25, 0.3) is 0 Å². The highest BCUT2D eigenvalue weighted by Gasteiger charge is 2.17. The van der Waals surface area contributed by atoms with Gasteiger partial charge in [0.05, 0.1) is 0 Å². The smallest absolute Gasteiger partial charge is 0.114 e. The van der Waals surface area contributed by atoms with Crippen molar-refractivity contribution in [3.63, 3.8) is 0 Å². The Balaban J connectivity index is 1.85. The fraction of sp³-hybridized carbons (Fsp3) is 0.111. The molecule has 1 heterocycles. The Morgan fingerprint density at radius 3 is 2.27 bits per heavy atom. The minimum absolute atomic E-state index is 0.0121. The van der Waals surface area contributed by atoms with Gasteiger partial charge in [-0.1, -0.05) is 76.6 Å². The lowest BCUT2D eigenvalue weighted by atomic mass is 9.97. The first-order valence-electron chi connectivity index (χ1n) is 7.18. The Kier molecular flexibility index (Phi) is 4.73. The third kappa shape index (κ3) is 3.47. The second kappa shape index (κ2) is 6.92. The number of nitrogens with one attached hydrogen (secondary N) is 2. The fourth-order valence-corrected chi connectivity index (χ4v) is 2.80. The van der Waals surface area contributed by atoms with Crippen LogP contribution in [0.1, 0.15) is 5.56 Å². The topological polar surface area (TPSA) is 50.1 Å². The summed E-state index contributed by atoms with van der Waals surface area (Å²) in [5.41, 5.74) is 10.5. The highest BCUT2D eigenvalue weighted by Crippen LogP contribution is 2.24. The van der Waals surface area contributed by atoms with Gasteiger partial charge in [0.15, 0.2) is 0 Å². The lowest BCUT2D eigenvalue weighted by Gasteiger charge is -2.26.